The van der Waals surface area contributed by atoms with E-state index < -0.39 is 0 Å². The Hall–Kier alpha value is -1.63. The summed E-state index contributed by atoms with van der Waals surface area (Å²) < 4.78 is 5.46. The van der Waals surface area contributed by atoms with Gasteiger partial charge in [0, 0.05) is 69.8 Å². The molecule has 0 unspecified atom stereocenters. The van der Waals surface area contributed by atoms with Gasteiger partial charge < -0.3 is 24.8 Å². The highest BCUT2D eigenvalue weighted by Crippen LogP contribution is 2.22. The lowest BCUT2D eigenvalue weighted by molar-refractivity contribution is 0.0642. The molecule has 0 spiro atoms. The topological polar surface area (TPSA) is 48.0 Å². The van der Waals surface area contributed by atoms with Crippen molar-refractivity contribution in [1.29, 1.82) is 0 Å². The number of hydrogen-bond donors (Lipinski definition) is 1. The number of nitrogens with one attached hydrogen (secondary N) is 1. The summed E-state index contributed by atoms with van der Waals surface area (Å²) >= 11 is 0. The Morgan fingerprint density at radius 1 is 0.967 bits per heavy atom. The number of piperidine rings is 1. The van der Waals surface area contributed by atoms with Gasteiger partial charge in [0.2, 0.25) is 0 Å². The summed E-state index contributed by atoms with van der Waals surface area (Å²) in [7, 11) is 0. The predicted octanol–water partition coefficient (Wildman–Crippen LogP) is 2.45. The Morgan fingerprint density at radius 3 is 2.27 bits per heavy atom. The summed E-state index contributed by atoms with van der Waals surface area (Å²) in [5.74, 6) is 0.958. The fourth-order valence-electron chi connectivity index (χ4n) is 4.89. The van der Waals surface area contributed by atoms with Gasteiger partial charge >= 0.3 is 0 Å². The quantitative estimate of drug-likeness (QED) is 0.775. The number of benzene rings is 1. The number of amides is 1. The van der Waals surface area contributed by atoms with Gasteiger partial charge in [0.25, 0.3) is 5.91 Å². The molecule has 3 aliphatic rings. The molecule has 0 atom stereocenters. The number of anilines is 1. The molecule has 1 aromatic rings. The van der Waals surface area contributed by atoms with Gasteiger partial charge in [-0.25, -0.2) is 0 Å². The number of carbonyl (C=O) groups excluding carboxylic acids is 1. The molecule has 3 saturated heterocycles. The minimum Gasteiger partial charge on any atom is -0.381 e. The van der Waals surface area contributed by atoms with Gasteiger partial charge in [-0.15, -0.1) is 0 Å². The molecule has 0 saturated carbocycles. The van der Waals surface area contributed by atoms with E-state index in [1.54, 1.807) is 0 Å². The Morgan fingerprint density at radius 2 is 1.63 bits per heavy atom. The van der Waals surface area contributed by atoms with Crippen molar-refractivity contribution in [3.8, 4) is 0 Å². The lowest BCUT2D eigenvalue weighted by Gasteiger charge is -2.35. The number of ether oxygens (including phenoxy) is 1. The fourth-order valence-corrected chi connectivity index (χ4v) is 4.89. The van der Waals surface area contributed by atoms with Crippen molar-refractivity contribution in [3.63, 3.8) is 0 Å². The highest BCUT2D eigenvalue weighted by Gasteiger charge is 2.23. The largest absolute Gasteiger partial charge is 0.381 e. The molecule has 1 N–H and O–H groups in total. The van der Waals surface area contributed by atoms with Crippen LogP contribution in [-0.2, 0) is 4.74 Å². The molecule has 0 aromatic heterocycles. The fraction of sp³-hybridized carbons (Fsp3) is 0.708. The van der Waals surface area contributed by atoms with Crippen molar-refractivity contribution < 1.29 is 9.53 Å². The first-order chi connectivity index (χ1) is 14.7. The smallest absolute Gasteiger partial charge is 0.253 e. The summed E-state index contributed by atoms with van der Waals surface area (Å²) in [5.41, 5.74) is 2.06. The number of hydrogen-bond acceptors (Lipinski definition) is 5. The predicted molar refractivity (Wildman–Crippen MR) is 121 cm³/mol. The molecular formula is C24H38N4O2. The van der Waals surface area contributed by atoms with E-state index in [1.807, 2.05) is 17.0 Å². The molecule has 30 heavy (non-hydrogen) atoms. The van der Waals surface area contributed by atoms with E-state index in [0.717, 1.165) is 77.1 Å². The first-order valence-corrected chi connectivity index (χ1v) is 11.9. The van der Waals surface area contributed by atoms with Crippen LogP contribution in [0.3, 0.4) is 0 Å². The van der Waals surface area contributed by atoms with E-state index in [0.29, 0.717) is 6.04 Å². The summed E-state index contributed by atoms with van der Waals surface area (Å²) in [6.45, 7) is 12.0. The van der Waals surface area contributed by atoms with Crippen LogP contribution >= 0.6 is 0 Å². The van der Waals surface area contributed by atoms with Crippen LogP contribution in [0.4, 0.5) is 5.69 Å². The van der Waals surface area contributed by atoms with E-state index >= 15 is 0 Å². The average Bonchev–Trinajstić information content (AvgIpc) is 2.83. The molecule has 3 aliphatic heterocycles. The maximum absolute atomic E-state index is 12.8. The summed E-state index contributed by atoms with van der Waals surface area (Å²) in [4.78, 5) is 19.7. The number of rotatable bonds is 6. The van der Waals surface area contributed by atoms with Crippen LogP contribution in [-0.4, -0.2) is 87.3 Å². The zero-order valence-electron chi connectivity index (χ0n) is 18.5. The van der Waals surface area contributed by atoms with Crippen molar-refractivity contribution in [2.75, 3.05) is 70.5 Å². The third-order valence-electron chi connectivity index (χ3n) is 7.12. The van der Waals surface area contributed by atoms with Gasteiger partial charge in [0.15, 0.2) is 0 Å². The minimum atomic E-state index is 0.174. The molecule has 1 aromatic carbocycles. The minimum absolute atomic E-state index is 0.174. The summed E-state index contributed by atoms with van der Waals surface area (Å²) in [6, 6.07) is 8.92. The SMILES string of the molecule is CCN1CCN(C(=O)c2ccc(N3CCC(NCC4CCOCC4)CC3)cc2)CC1. The van der Waals surface area contributed by atoms with Crippen molar-refractivity contribution in [3.05, 3.63) is 29.8 Å². The van der Waals surface area contributed by atoms with Crippen molar-refractivity contribution in [1.82, 2.24) is 15.1 Å². The highest BCUT2D eigenvalue weighted by molar-refractivity contribution is 5.94. The van der Waals surface area contributed by atoms with Gasteiger partial charge in [0.05, 0.1) is 0 Å². The highest BCUT2D eigenvalue weighted by atomic mass is 16.5. The van der Waals surface area contributed by atoms with Crippen LogP contribution in [0.15, 0.2) is 24.3 Å². The molecule has 4 rings (SSSR count). The number of nitrogens with zero attached hydrogens (tertiary/aromatic N) is 3. The number of piperazine rings is 1. The summed E-state index contributed by atoms with van der Waals surface area (Å²) in [6.07, 6.45) is 4.77. The zero-order valence-corrected chi connectivity index (χ0v) is 18.5. The second-order valence-corrected chi connectivity index (χ2v) is 9.00. The molecule has 3 fully saturated rings. The van der Waals surface area contributed by atoms with Crippen molar-refractivity contribution in [2.45, 2.75) is 38.6 Å². The Kier molecular flexibility index (Phi) is 7.63. The number of likely N-dealkylation sites (N-methyl/N-ethyl adjacent to an activating group) is 1. The van der Waals surface area contributed by atoms with Gasteiger partial charge in [-0.1, -0.05) is 6.92 Å². The second-order valence-electron chi connectivity index (χ2n) is 9.00. The molecule has 1 amide bonds. The molecule has 0 radical (unpaired) electrons. The average molecular weight is 415 g/mol. The third-order valence-corrected chi connectivity index (χ3v) is 7.12. The normalized spacial score (nSPS) is 22.4. The van der Waals surface area contributed by atoms with Crippen LogP contribution in [0.5, 0.6) is 0 Å². The Bertz CT molecular complexity index is 658. The molecule has 6 heteroatoms. The van der Waals surface area contributed by atoms with Gasteiger partial charge in [-0.05, 0) is 69.0 Å². The molecule has 0 bridgehead atoms. The van der Waals surface area contributed by atoms with E-state index in [4.69, 9.17) is 4.74 Å². The second kappa shape index (κ2) is 10.6. The lowest BCUT2D eigenvalue weighted by Crippen LogP contribution is -2.48. The van der Waals surface area contributed by atoms with Crippen LogP contribution in [0, 0.1) is 5.92 Å². The Labute approximate surface area is 181 Å². The molecular weight excluding hydrogens is 376 g/mol. The maximum atomic E-state index is 12.8. The monoisotopic (exact) mass is 414 g/mol. The number of carbonyl (C=O) groups is 1. The molecule has 3 heterocycles. The van der Waals surface area contributed by atoms with Crippen LogP contribution in [0.2, 0.25) is 0 Å². The standard InChI is InChI=1S/C24H38N4O2/c1-2-26-13-15-28(16-14-26)24(29)21-3-5-23(6-4-21)27-11-7-22(8-12-27)25-19-20-9-17-30-18-10-20/h3-6,20,22,25H,2,7-19H2,1H3. The van der Waals surface area contributed by atoms with Gasteiger partial charge in [-0.3, -0.25) is 4.79 Å². The lowest BCUT2D eigenvalue weighted by atomic mass is 9.98. The van der Waals surface area contributed by atoms with Crippen LogP contribution in [0.1, 0.15) is 43.0 Å². The molecule has 6 nitrogen and oxygen atoms in total. The van der Waals surface area contributed by atoms with Crippen LogP contribution in [0.25, 0.3) is 0 Å². The van der Waals surface area contributed by atoms with Crippen molar-refractivity contribution in [2.24, 2.45) is 5.92 Å². The van der Waals surface area contributed by atoms with E-state index in [-0.39, 0.29) is 5.91 Å². The summed E-state index contributed by atoms with van der Waals surface area (Å²) in [5, 5.41) is 3.80. The molecule has 166 valence electrons. The Balaban J connectivity index is 1.22. The maximum Gasteiger partial charge on any atom is 0.253 e. The van der Waals surface area contributed by atoms with Gasteiger partial charge in [-0.2, -0.15) is 0 Å². The molecule has 0 aliphatic carbocycles. The first-order valence-electron chi connectivity index (χ1n) is 11.9. The van der Waals surface area contributed by atoms with Crippen LogP contribution < -0.4 is 10.2 Å². The van der Waals surface area contributed by atoms with E-state index in [2.05, 4.69) is 34.2 Å². The zero-order chi connectivity index (χ0) is 20.8. The van der Waals surface area contributed by atoms with Crippen molar-refractivity contribution >= 4 is 11.6 Å². The third kappa shape index (κ3) is 5.54. The van der Waals surface area contributed by atoms with E-state index in [9.17, 15) is 4.79 Å². The first kappa shape index (κ1) is 21.6. The van der Waals surface area contributed by atoms with Gasteiger partial charge in [0.1, 0.15) is 0 Å². The van der Waals surface area contributed by atoms with E-state index in [1.165, 1.54) is 31.4 Å².